The minimum absolute atomic E-state index is 0.526. The van der Waals surface area contributed by atoms with Gasteiger partial charge in [0.15, 0.2) is 0 Å². The predicted octanol–water partition coefficient (Wildman–Crippen LogP) is 3.78. The Morgan fingerprint density at radius 2 is 1.89 bits per heavy atom. The monoisotopic (exact) mass is 262 g/mol. The molecule has 0 saturated heterocycles. The summed E-state index contributed by atoms with van der Waals surface area (Å²) in [6.07, 6.45) is 0. The molecule has 0 atom stereocenters. The molecule has 18 heavy (non-hydrogen) atoms. The van der Waals surface area contributed by atoms with E-state index in [1.54, 1.807) is 18.2 Å². The van der Waals surface area contributed by atoms with Gasteiger partial charge in [-0.15, -0.1) is 0 Å². The molecule has 0 amide bonds. The summed E-state index contributed by atoms with van der Waals surface area (Å²) in [5.41, 5.74) is 7.44. The van der Waals surface area contributed by atoms with Crippen molar-refractivity contribution in [1.82, 2.24) is 0 Å². The highest BCUT2D eigenvalue weighted by Gasteiger charge is 2.04. The minimum atomic E-state index is 0.526. The molecule has 0 fully saturated rings. The maximum absolute atomic E-state index is 5.85. The van der Waals surface area contributed by atoms with Gasteiger partial charge in [-0.05, 0) is 30.3 Å². The smallest absolute Gasteiger partial charge is 0.150 e. The minimum Gasteiger partial charge on any atom is -0.455 e. The van der Waals surface area contributed by atoms with Gasteiger partial charge in [0.1, 0.15) is 11.5 Å². The molecule has 4 heteroatoms. The van der Waals surface area contributed by atoms with E-state index in [1.165, 1.54) is 0 Å². The molecule has 0 saturated carbocycles. The van der Waals surface area contributed by atoms with Crippen LogP contribution in [0.25, 0.3) is 0 Å². The van der Waals surface area contributed by atoms with Gasteiger partial charge in [-0.25, -0.2) is 0 Å². The summed E-state index contributed by atoms with van der Waals surface area (Å²) in [5, 5.41) is 0.599. The molecule has 0 unspecified atom stereocenters. The van der Waals surface area contributed by atoms with Gasteiger partial charge in [0.25, 0.3) is 0 Å². The van der Waals surface area contributed by atoms with Crippen LogP contribution in [-0.4, -0.2) is 14.1 Å². The molecule has 0 bridgehead atoms. The maximum atomic E-state index is 5.85. The van der Waals surface area contributed by atoms with Gasteiger partial charge in [0, 0.05) is 30.9 Å². The number of hydrogen-bond donors (Lipinski definition) is 1. The molecule has 0 radical (unpaired) electrons. The third-order valence-electron chi connectivity index (χ3n) is 2.53. The first kappa shape index (κ1) is 12.6. The molecule has 0 aliphatic heterocycles. The number of anilines is 2. The summed E-state index contributed by atoms with van der Waals surface area (Å²) in [7, 11) is 3.96. The molecule has 0 aliphatic rings. The van der Waals surface area contributed by atoms with E-state index in [-0.39, 0.29) is 0 Å². The molecule has 0 aromatic heterocycles. The second kappa shape index (κ2) is 5.19. The van der Waals surface area contributed by atoms with Crippen LogP contribution in [0.15, 0.2) is 42.5 Å². The number of hydrogen-bond acceptors (Lipinski definition) is 3. The van der Waals surface area contributed by atoms with Crippen molar-refractivity contribution in [2.75, 3.05) is 24.7 Å². The lowest BCUT2D eigenvalue weighted by Crippen LogP contribution is -2.08. The molecular weight excluding hydrogens is 248 g/mol. The lowest BCUT2D eigenvalue weighted by atomic mass is 10.2. The summed E-state index contributed by atoms with van der Waals surface area (Å²) >= 11 is 5.84. The van der Waals surface area contributed by atoms with Crippen molar-refractivity contribution in [3.63, 3.8) is 0 Å². The van der Waals surface area contributed by atoms with Crippen molar-refractivity contribution in [2.45, 2.75) is 0 Å². The highest BCUT2D eigenvalue weighted by molar-refractivity contribution is 6.30. The molecule has 2 aromatic carbocycles. The van der Waals surface area contributed by atoms with Crippen LogP contribution in [0.2, 0.25) is 5.02 Å². The van der Waals surface area contributed by atoms with Gasteiger partial charge in [-0.1, -0.05) is 17.7 Å². The molecule has 0 spiro atoms. The Balaban J connectivity index is 2.25. The van der Waals surface area contributed by atoms with E-state index < -0.39 is 0 Å². The maximum Gasteiger partial charge on any atom is 0.150 e. The first-order chi connectivity index (χ1) is 8.56. The molecule has 0 heterocycles. The van der Waals surface area contributed by atoms with Crippen molar-refractivity contribution < 1.29 is 4.74 Å². The molecule has 94 valence electrons. The Bertz CT molecular complexity index is 555. The van der Waals surface area contributed by atoms with Crippen molar-refractivity contribution in [3.05, 3.63) is 47.5 Å². The summed E-state index contributed by atoms with van der Waals surface area (Å²) in [6, 6.07) is 13.0. The van der Waals surface area contributed by atoms with Crippen LogP contribution in [-0.2, 0) is 0 Å². The van der Waals surface area contributed by atoms with Gasteiger partial charge in [0.05, 0.1) is 5.69 Å². The average Bonchev–Trinajstić information content (AvgIpc) is 2.33. The van der Waals surface area contributed by atoms with Crippen LogP contribution in [0.4, 0.5) is 11.4 Å². The second-order valence-corrected chi connectivity index (χ2v) is 4.61. The summed E-state index contributed by atoms with van der Waals surface area (Å²) in [6.45, 7) is 0. The van der Waals surface area contributed by atoms with Crippen LogP contribution < -0.4 is 15.4 Å². The van der Waals surface area contributed by atoms with E-state index in [4.69, 9.17) is 22.1 Å². The third-order valence-corrected chi connectivity index (χ3v) is 2.77. The predicted molar refractivity (Wildman–Crippen MR) is 76.7 cm³/mol. The first-order valence-electron chi connectivity index (χ1n) is 5.56. The first-order valence-corrected chi connectivity index (χ1v) is 5.94. The fourth-order valence-corrected chi connectivity index (χ4v) is 1.74. The SMILES string of the molecule is CN(C)c1cccc(Oc2ccc(Cl)cc2N)c1. The van der Waals surface area contributed by atoms with Crippen molar-refractivity contribution in [1.29, 1.82) is 0 Å². The van der Waals surface area contributed by atoms with E-state index in [2.05, 4.69) is 0 Å². The number of benzene rings is 2. The summed E-state index contributed by atoms with van der Waals surface area (Å²) in [5.74, 6) is 1.35. The van der Waals surface area contributed by atoms with Gasteiger partial charge < -0.3 is 15.4 Å². The van der Waals surface area contributed by atoms with Crippen molar-refractivity contribution >= 4 is 23.0 Å². The van der Waals surface area contributed by atoms with Crippen LogP contribution in [0.3, 0.4) is 0 Å². The normalized spacial score (nSPS) is 10.2. The number of halogens is 1. The van der Waals surface area contributed by atoms with Gasteiger partial charge in [-0.2, -0.15) is 0 Å². The van der Waals surface area contributed by atoms with Crippen LogP contribution in [0.1, 0.15) is 0 Å². The van der Waals surface area contributed by atoms with Crippen molar-refractivity contribution in [2.24, 2.45) is 0 Å². The number of nitrogen functional groups attached to an aromatic ring is 1. The molecule has 0 aliphatic carbocycles. The quantitative estimate of drug-likeness (QED) is 0.856. The van der Waals surface area contributed by atoms with E-state index in [0.29, 0.717) is 16.5 Å². The van der Waals surface area contributed by atoms with E-state index in [9.17, 15) is 0 Å². The molecule has 2 N–H and O–H groups in total. The highest BCUT2D eigenvalue weighted by atomic mass is 35.5. The molecule has 3 nitrogen and oxygen atoms in total. The zero-order chi connectivity index (χ0) is 13.1. The Kier molecular flexibility index (Phi) is 3.63. The van der Waals surface area contributed by atoms with E-state index >= 15 is 0 Å². The Hall–Kier alpha value is -1.87. The molecule has 2 rings (SSSR count). The van der Waals surface area contributed by atoms with Gasteiger partial charge in [-0.3, -0.25) is 0 Å². The van der Waals surface area contributed by atoms with E-state index in [0.717, 1.165) is 11.4 Å². The highest BCUT2D eigenvalue weighted by Crippen LogP contribution is 2.31. The Morgan fingerprint density at radius 3 is 2.56 bits per heavy atom. The zero-order valence-corrected chi connectivity index (χ0v) is 11.1. The molecular formula is C14H15ClN2O. The van der Waals surface area contributed by atoms with Gasteiger partial charge >= 0.3 is 0 Å². The Morgan fingerprint density at radius 1 is 1.11 bits per heavy atom. The van der Waals surface area contributed by atoms with Crippen LogP contribution >= 0.6 is 11.6 Å². The third kappa shape index (κ3) is 2.87. The topological polar surface area (TPSA) is 38.5 Å². The van der Waals surface area contributed by atoms with E-state index in [1.807, 2.05) is 43.3 Å². The summed E-state index contributed by atoms with van der Waals surface area (Å²) < 4.78 is 5.74. The number of nitrogens with zero attached hydrogens (tertiary/aromatic N) is 1. The second-order valence-electron chi connectivity index (χ2n) is 4.18. The fourth-order valence-electron chi connectivity index (χ4n) is 1.56. The summed E-state index contributed by atoms with van der Waals surface area (Å²) in [4.78, 5) is 2.01. The largest absolute Gasteiger partial charge is 0.455 e. The Labute approximate surface area is 112 Å². The van der Waals surface area contributed by atoms with Crippen molar-refractivity contribution in [3.8, 4) is 11.5 Å². The number of rotatable bonds is 3. The van der Waals surface area contributed by atoms with Gasteiger partial charge in [0.2, 0.25) is 0 Å². The number of ether oxygens (including phenoxy) is 1. The lowest BCUT2D eigenvalue weighted by Gasteiger charge is -2.14. The van der Waals surface area contributed by atoms with Crippen LogP contribution in [0, 0.1) is 0 Å². The van der Waals surface area contributed by atoms with Crippen LogP contribution in [0.5, 0.6) is 11.5 Å². The fraction of sp³-hybridized carbons (Fsp3) is 0.143. The number of nitrogens with two attached hydrogens (primary N) is 1. The zero-order valence-electron chi connectivity index (χ0n) is 10.4. The molecule has 2 aromatic rings. The lowest BCUT2D eigenvalue weighted by molar-refractivity contribution is 0.485. The average molecular weight is 263 g/mol. The standard InChI is InChI=1S/C14H15ClN2O/c1-17(2)11-4-3-5-12(9-11)18-14-7-6-10(15)8-13(14)16/h3-9H,16H2,1-2H3.